The van der Waals surface area contributed by atoms with Gasteiger partial charge in [-0.3, -0.25) is 9.58 Å². The van der Waals surface area contributed by atoms with E-state index < -0.39 is 0 Å². The second-order valence-electron chi connectivity index (χ2n) is 8.12. The number of methoxy groups -OCH3 is 2. The highest BCUT2D eigenvalue weighted by Gasteiger charge is 2.27. The molecule has 1 unspecified atom stereocenters. The summed E-state index contributed by atoms with van der Waals surface area (Å²) in [6.07, 6.45) is 6.92. The van der Waals surface area contributed by atoms with E-state index in [9.17, 15) is 0 Å². The summed E-state index contributed by atoms with van der Waals surface area (Å²) in [5.74, 6) is 2.12. The van der Waals surface area contributed by atoms with Gasteiger partial charge in [0.05, 0.1) is 26.0 Å². The van der Waals surface area contributed by atoms with Gasteiger partial charge in [-0.1, -0.05) is 18.0 Å². The number of ether oxygens (including phenoxy) is 2. The van der Waals surface area contributed by atoms with Crippen molar-refractivity contribution < 1.29 is 14.0 Å². The number of benzene rings is 1. The normalized spacial score (nSPS) is 17.5. The number of likely N-dealkylation sites (tertiary alicyclic amines) is 1. The zero-order valence-corrected chi connectivity index (χ0v) is 18.9. The number of hydrogen-bond donors (Lipinski definition) is 0. The second kappa shape index (κ2) is 9.56. The molecule has 0 amide bonds. The molecule has 3 heterocycles. The third-order valence-electron chi connectivity index (χ3n) is 6.15. The van der Waals surface area contributed by atoms with Gasteiger partial charge in [0.1, 0.15) is 5.69 Å². The third-order valence-corrected chi connectivity index (χ3v) is 6.15. The van der Waals surface area contributed by atoms with E-state index >= 15 is 0 Å². The standard InChI is InChI=1S/C24H32N4O3/c1-5-28-16-19(17(2)25-28)15-27-12-8-6-7-9-21(27)20-14-23(31-26-20)18-10-11-22(29-3)24(13-18)30-4/h10-11,13-14,16,21H,5-9,12,15H2,1-4H3. The van der Waals surface area contributed by atoms with Crippen LogP contribution in [0.2, 0.25) is 0 Å². The average molecular weight is 425 g/mol. The molecule has 7 heteroatoms. The summed E-state index contributed by atoms with van der Waals surface area (Å²) in [7, 11) is 3.27. The van der Waals surface area contributed by atoms with Crippen LogP contribution in [0.4, 0.5) is 0 Å². The lowest BCUT2D eigenvalue weighted by molar-refractivity contribution is 0.183. The first-order valence-electron chi connectivity index (χ1n) is 11.1. The molecule has 0 radical (unpaired) electrons. The van der Waals surface area contributed by atoms with Gasteiger partial charge in [0.15, 0.2) is 17.3 Å². The minimum atomic E-state index is 0.240. The molecule has 1 fully saturated rings. The topological polar surface area (TPSA) is 65.5 Å². The Morgan fingerprint density at radius 3 is 2.68 bits per heavy atom. The Bertz CT molecular complexity index is 1010. The van der Waals surface area contributed by atoms with E-state index in [-0.39, 0.29) is 6.04 Å². The lowest BCUT2D eigenvalue weighted by atomic mass is 10.0. The quantitative estimate of drug-likeness (QED) is 0.532. The molecule has 4 rings (SSSR count). The van der Waals surface area contributed by atoms with Crippen LogP contribution in [-0.2, 0) is 13.1 Å². The van der Waals surface area contributed by atoms with E-state index in [1.54, 1.807) is 14.2 Å². The zero-order chi connectivity index (χ0) is 21.8. The van der Waals surface area contributed by atoms with Crippen LogP contribution >= 0.6 is 0 Å². The van der Waals surface area contributed by atoms with Crippen LogP contribution in [0.1, 0.15) is 55.6 Å². The van der Waals surface area contributed by atoms with Gasteiger partial charge in [-0.05, 0) is 51.4 Å². The minimum Gasteiger partial charge on any atom is -0.493 e. The fraction of sp³-hybridized carbons (Fsp3) is 0.500. The molecule has 0 saturated carbocycles. The summed E-state index contributed by atoms with van der Waals surface area (Å²) in [4.78, 5) is 2.53. The molecular formula is C24H32N4O3. The molecule has 31 heavy (non-hydrogen) atoms. The fourth-order valence-electron chi connectivity index (χ4n) is 4.36. The highest BCUT2D eigenvalue weighted by Crippen LogP contribution is 2.36. The first-order chi connectivity index (χ1) is 15.1. The van der Waals surface area contributed by atoms with Crippen LogP contribution in [0.5, 0.6) is 11.5 Å². The predicted molar refractivity (Wildman–Crippen MR) is 119 cm³/mol. The minimum absolute atomic E-state index is 0.240. The van der Waals surface area contributed by atoms with E-state index in [1.807, 2.05) is 22.9 Å². The van der Waals surface area contributed by atoms with Crippen LogP contribution in [0, 0.1) is 6.92 Å². The van der Waals surface area contributed by atoms with Gasteiger partial charge in [0, 0.05) is 36.5 Å². The van der Waals surface area contributed by atoms with E-state index in [2.05, 4.69) is 41.3 Å². The largest absolute Gasteiger partial charge is 0.493 e. The molecule has 1 aliphatic rings. The van der Waals surface area contributed by atoms with E-state index in [1.165, 1.54) is 24.8 Å². The average Bonchev–Trinajstić information content (AvgIpc) is 3.34. The SMILES string of the molecule is CCn1cc(CN2CCCCCC2c2cc(-c3ccc(OC)c(OC)c3)on2)c(C)n1. The van der Waals surface area contributed by atoms with Crippen LogP contribution < -0.4 is 9.47 Å². The number of aromatic nitrogens is 3. The van der Waals surface area contributed by atoms with Crippen molar-refractivity contribution in [3.63, 3.8) is 0 Å². The van der Waals surface area contributed by atoms with Crippen molar-refractivity contribution in [1.82, 2.24) is 19.8 Å². The molecule has 0 bridgehead atoms. The molecule has 2 aromatic heterocycles. The summed E-state index contributed by atoms with van der Waals surface area (Å²) in [6, 6.07) is 8.11. The molecule has 1 aliphatic heterocycles. The maximum absolute atomic E-state index is 5.77. The van der Waals surface area contributed by atoms with Gasteiger partial charge in [-0.2, -0.15) is 5.10 Å². The summed E-state index contributed by atoms with van der Waals surface area (Å²) in [6.45, 7) is 7.05. The van der Waals surface area contributed by atoms with Gasteiger partial charge < -0.3 is 14.0 Å². The van der Waals surface area contributed by atoms with E-state index in [4.69, 9.17) is 14.0 Å². The second-order valence-corrected chi connectivity index (χ2v) is 8.12. The van der Waals surface area contributed by atoms with Crippen LogP contribution in [-0.4, -0.2) is 40.6 Å². The Morgan fingerprint density at radius 1 is 1.10 bits per heavy atom. The van der Waals surface area contributed by atoms with Gasteiger partial charge in [0.25, 0.3) is 0 Å². The van der Waals surface area contributed by atoms with Crippen molar-refractivity contribution in [2.75, 3.05) is 20.8 Å². The molecule has 0 N–H and O–H groups in total. The Hall–Kier alpha value is -2.80. The number of hydrogen-bond acceptors (Lipinski definition) is 6. The zero-order valence-electron chi connectivity index (χ0n) is 18.9. The maximum Gasteiger partial charge on any atom is 0.167 e. The third kappa shape index (κ3) is 4.61. The van der Waals surface area contributed by atoms with E-state index in [0.717, 1.165) is 48.8 Å². The number of rotatable bonds is 7. The Labute approximate surface area is 183 Å². The molecule has 7 nitrogen and oxygen atoms in total. The highest BCUT2D eigenvalue weighted by molar-refractivity contribution is 5.62. The summed E-state index contributed by atoms with van der Waals surface area (Å²) < 4.78 is 18.6. The monoisotopic (exact) mass is 424 g/mol. The first-order valence-corrected chi connectivity index (χ1v) is 11.1. The van der Waals surface area contributed by atoms with Crippen LogP contribution in [0.25, 0.3) is 11.3 Å². The van der Waals surface area contributed by atoms with Crippen LogP contribution in [0.15, 0.2) is 35.0 Å². The van der Waals surface area contributed by atoms with Gasteiger partial charge >= 0.3 is 0 Å². The first kappa shape index (κ1) is 21.4. The van der Waals surface area contributed by atoms with Crippen molar-refractivity contribution in [2.24, 2.45) is 0 Å². The maximum atomic E-state index is 5.77. The molecule has 3 aromatic rings. The fourth-order valence-corrected chi connectivity index (χ4v) is 4.36. The van der Waals surface area contributed by atoms with E-state index in [0.29, 0.717) is 11.5 Å². The number of nitrogens with zero attached hydrogens (tertiary/aromatic N) is 4. The van der Waals surface area contributed by atoms with Crippen molar-refractivity contribution >= 4 is 0 Å². The molecule has 1 atom stereocenters. The molecule has 1 saturated heterocycles. The Kier molecular flexibility index (Phi) is 6.61. The van der Waals surface area contributed by atoms with Gasteiger partial charge in [-0.25, -0.2) is 0 Å². The summed E-state index contributed by atoms with van der Waals surface area (Å²) >= 11 is 0. The van der Waals surface area contributed by atoms with Crippen molar-refractivity contribution in [3.8, 4) is 22.8 Å². The molecule has 1 aromatic carbocycles. The summed E-state index contributed by atoms with van der Waals surface area (Å²) in [5, 5.41) is 9.11. The molecule has 166 valence electrons. The van der Waals surface area contributed by atoms with Gasteiger partial charge in [0.2, 0.25) is 0 Å². The molecular weight excluding hydrogens is 392 g/mol. The Morgan fingerprint density at radius 2 is 1.94 bits per heavy atom. The lowest BCUT2D eigenvalue weighted by Gasteiger charge is -2.28. The van der Waals surface area contributed by atoms with Crippen molar-refractivity contribution in [1.29, 1.82) is 0 Å². The van der Waals surface area contributed by atoms with Crippen molar-refractivity contribution in [3.05, 3.63) is 47.4 Å². The lowest BCUT2D eigenvalue weighted by Crippen LogP contribution is -2.28. The smallest absolute Gasteiger partial charge is 0.167 e. The summed E-state index contributed by atoms with van der Waals surface area (Å²) in [5.41, 5.74) is 4.32. The van der Waals surface area contributed by atoms with Gasteiger partial charge in [-0.15, -0.1) is 0 Å². The molecule has 0 spiro atoms. The Balaban J connectivity index is 1.59. The van der Waals surface area contributed by atoms with Crippen LogP contribution in [0.3, 0.4) is 0 Å². The highest BCUT2D eigenvalue weighted by atomic mass is 16.5. The molecule has 0 aliphatic carbocycles. The van der Waals surface area contributed by atoms with Crippen molar-refractivity contribution in [2.45, 2.75) is 58.7 Å². The predicted octanol–water partition coefficient (Wildman–Crippen LogP) is 5.00. The number of aryl methyl sites for hydroxylation is 2.